The van der Waals surface area contributed by atoms with Gasteiger partial charge in [0.25, 0.3) is 0 Å². The molecule has 0 amide bonds. The highest BCUT2D eigenvalue weighted by Crippen LogP contribution is 2.07. The summed E-state index contributed by atoms with van der Waals surface area (Å²) in [7, 11) is 0. The summed E-state index contributed by atoms with van der Waals surface area (Å²) in [6.45, 7) is 0. The number of hydrogen-bond donors (Lipinski definition) is 0. The first-order chi connectivity index (χ1) is 4.20. The van der Waals surface area contributed by atoms with E-state index in [0.29, 0.717) is 5.02 Å². The fourth-order valence-electron chi connectivity index (χ4n) is 0.433. The first-order valence-electron chi connectivity index (χ1n) is 2.23. The third-order valence-electron chi connectivity index (χ3n) is 0.821. The van der Waals surface area contributed by atoms with Crippen LogP contribution >= 0.6 is 23.2 Å². The first kappa shape index (κ1) is 6.78. The van der Waals surface area contributed by atoms with Gasteiger partial charge in [-0.3, -0.25) is 0 Å². The van der Waals surface area contributed by atoms with Gasteiger partial charge in [0.15, 0.2) is 0 Å². The lowest BCUT2D eigenvalue weighted by molar-refractivity contribution is -0.841. The van der Waals surface area contributed by atoms with Crippen LogP contribution in [0, 0.1) is 0 Å². The van der Waals surface area contributed by atoms with Gasteiger partial charge in [-0.2, -0.15) is 0 Å². The summed E-state index contributed by atoms with van der Waals surface area (Å²) in [5, 5.41) is 0.335. The molecule has 0 atom stereocenters. The lowest BCUT2D eigenvalue weighted by Gasteiger charge is -1.82. The predicted molar refractivity (Wildman–Crippen MR) is 33.2 cm³/mol. The normalized spacial score (nSPS) is 9.67. The smallest absolute Gasteiger partial charge is 0.0776 e. The molecule has 0 radical (unpaired) electrons. The van der Waals surface area contributed by atoms with Gasteiger partial charge in [0.1, 0.15) is 5.02 Å². The Balaban J connectivity index is 3.17. The SMILES string of the molecule is F[n+]1cc(Cl)ccc1Cl. The average Bonchev–Trinajstić information content (AvgIpc) is 1.80. The third-order valence-corrected chi connectivity index (χ3v) is 1.33. The first-order valence-corrected chi connectivity index (χ1v) is 2.98. The molecule has 1 aromatic rings. The van der Waals surface area contributed by atoms with Crippen molar-refractivity contribution < 1.29 is 9.27 Å². The topological polar surface area (TPSA) is 3.88 Å². The molecule has 4 heteroatoms. The molecule has 1 rings (SSSR count). The summed E-state index contributed by atoms with van der Waals surface area (Å²) < 4.78 is 12.3. The lowest BCUT2D eigenvalue weighted by atomic mass is 10.5. The van der Waals surface area contributed by atoms with Crippen molar-refractivity contribution in [2.24, 2.45) is 0 Å². The Bertz CT molecular complexity index is 226. The van der Waals surface area contributed by atoms with E-state index in [0.717, 1.165) is 6.20 Å². The van der Waals surface area contributed by atoms with Gasteiger partial charge < -0.3 is 0 Å². The minimum atomic E-state index is 0.0133. The van der Waals surface area contributed by atoms with Crippen molar-refractivity contribution in [3.63, 3.8) is 0 Å². The van der Waals surface area contributed by atoms with Crippen molar-refractivity contribution in [3.05, 3.63) is 28.5 Å². The van der Waals surface area contributed by atoms with Crippen molar-refractivity contribution >= 4 is 23.2 Å². The maximum absolute atomic E-state index is 12.3. The van der Waals surface area contributed by atoms with Crippen molar-refractivity contribution in [2.45, 2.75) is 0 Å². The molecule has 1 aromatic heterocycles. The Labute approximate surface area is 61.6 Å². The van der Waals surface area contributed by atoms with Crippen LogP contribution in [0.5, 0.6) is 0 Å². The molecule has 1 heterocycles. The lowest BCUT2D eigenvalue weighted by Crippen LogP contribution is -2.22. The Morgan fingerprint density at radius 1 is 1.33 bits per heavy atom. The third kappa shape index (κ3) is 1.53. The second kappa shape index (κ2) is 2.50. The van der Waals surface area contributed by atoms with Gasteiger partial charge in [-0.05, 0) is 17.7 Å². The number of hydrogen-bond acceptors (Lipinski definition) is 0. The molecule has 0 aromatic carbocycles. The number of rotatable bonds is 0. The fourth-order valence-corrected chi connectivity index (χ4v) is 0.693. The fraction of sp³-hybridized carbons (Fsp3) is 0. The number of aromatic nitrogens is 1. The molecule has 0 aliphatic rings. The van der Waals surface area contributed by atoms with E-state index < -0.39 is 0 Å². The number of nitrogens with zero attached hydrogens (tertiary/aromatic N) is 1. The van der Waals surface area contributed by atoms with Crippen molar-refractivity contribution in [1.82, 2.24) is 0 Å². The highest BCUT2D eigenvalue weighted by Gasteiger charge is 2.06. The van der Waals surface area contributed by atoms with E-state index in [9.17, 15) is 4.48 Å². The van der Waals surface area contributed by atoms with E-state index in [1.165, 1.54) is 12.1 Å². The molecule has 9 heavy (non-hydrogen) atoms. The summed E-state index contributed by atoms with van der Waals surface area (Å²) in [4.78, 5) is 0.254. The molecule has 1 nitrogen and oxygen atoms in total. The predicted octanol–water partition coefficient (Wildman–Crippen LogP) is 2.01. The Kier molecular flexibility index (Phi) is 1.88. The van der Waals surface area contributed by atoms with Crippen LogP contribution in [0.3, 0.4) is 0 Å². The molecule has 0 fully saturated rings. The molecule has 0 unspecified atom stereocenters. The van der Waals surface area contributed by atoms with Crippen LogP contribution in [0.4, 0.5) is 4.48 Å². The van der Waals surface area contributed by atoms with Crippen LogP contribution in [0.1, 0.15) is 0 Å². The van der Waals surface area contributed by atoms with Gasteiger partial charge in [0.05, 0.1) is 4.48 Å². The largest absolute Gasteiger partial charge is 0.321 e. The van der Waals surface area contributed by atoms with Gasteiger partial charge in [0.2, 0.25) is 6.20 Å². The summed E-state index contributed by atoms with van der Waals surface area (Å²) in [5.41, 5.74) is 0. The zero-order chi connectivity index (χ0) is 6.85. The summed E-state index contributed by atoms with van der Waals surface area (Å²) in [6, 6.07) is 2.89. The Morgan fingerprint density at radius 3 is 2.44 bits per heavy atom. The van der Waals surface area contributed by atoms with Crippen molar-refractivity contribution in [1.29, 1.82) is 0 Å². The second-order valence-corrected chi connectivity index (χ2v) is 2.30. The number of pyridine rings is 1. The molecule has 0 aliphatic heterocycles. The Morgan fingerprint density at radius 2 is 2.00 bits per heavy atom. The quantitative estimate of drug-likeness (QED) is 0.520. The van der Waals surface area contributed by atoms with Crippen LogP contribution in [0.25, 0.3) is 0 Å². The van der Waals surface area contributed by atoms with Crippen molar-refractivity contribution in [3.8, 4) is 0 Å². The Hall–Kier alpha value is -0.340. The van der Waals surface area contributed by atoms with Gasteiger partial charge in [0, 0.05) is 10.9 Å². The monoisotopic (exact) mass is 166 g/mol. The maximum atomic E-state index is 12.3. The van der Waals surface area contributed by atoms with Gasteiger partial charge in [-0.15, -0.1) is 0 Å². The minimum absolute atomic E-state index is 0.0133. The van der Waals surface area contributed by atoms with Crippen LogP contribution < -0.4 is 4.79 Å². The van der Waals surface area contributed by atoms with E-state index in [4.69, 9.17) is 23.2 Å². The summed E-state index contributed by atoms with van der Waals surface area (Å²) in [5.74, 6) is 0. The summed E-state index contributed by atoms with van der Waals surface area (Å²) >= 11 is 10.7. The van der Waals surface area contributed by atoms with E-state index in [-0.39, 0.29) is 9.94 Å². The number of halogens is 3. The highest BCUT2D eigenvalue weighted by molar-refractivity contribution is 6.31. The van der Waals surface area contributed by atoms with Crippen LogP contribution in [-0.2, 0) is 0 Å². The zero-order valence-electron chi connectivity index (χ0n) is 4.31. The second-order valence-electron chi connectivity index (χ2n) is 1.48. The highest BCUT2D eigenvalue weighted by atomic mass is 35.5. The van der Waals surface area contributed by atoms with Gasteiger partial charge >= 0.3 is 5.15 Å². The molecule has 0 saturated heterocycles. The molecule has 48 valence electrons. The van der Waals surface area contributed by atoms with Gasteiger partial charge in [-0.25, -0.2) is 0 Å². The molecular formula is C5H3Cl2FN+. The maximum Gasteiger partial charge on any atom is 0.321 e. The minimum Gasteiger partial charge on any atom is -0.0776 e. The van der Waals surface area contributed by atoms with E-state index >= 15 is 0 Å². The molecule has 0 aliphatic carbocycles. The zero-order valence-corrected chi connectivity index (χ0v) is 5.83. The van der Waals surface area contributed by atoms with Crippen molar-refractivity contribution in [2.75, 3.05) is 0 Å². The van der Waals surface area contributed by atoms with Crippen LogP contribution in [0.15, 0.2) is 18.3 Å². The summed E-state index contributed by atoms with van der Waals surface area (Å²) in [6.07, 6.45) is 1.09. The standard InChI is InChI=1S/C5H3Cl2FN/c6-4-1-2-5(7)9(8)3-4/h1-3H/q+1. The average molecular weight is 167 g/mol. The van der Waals surface area contributed by atoms with Crippen LogP contribution in [0.2, 0.25) is 10.2 Å². The molecular weight excluding hydrogens is 164 g/mol. The van der Waals surface area contributed by atoms with E-state index in [2.05, 4.69) is 0 Å². The molecule has 0 bridgehead atoms. The molecule has 0 N–H and O–H groups in total. The molecule has 0 saturated carbocycles. The van der Waals surface area contributed by atoms with E-state index in [1.54, 1.807) is 0 Å². The van der Waals surface area contributed by atoms with Gasteiger partial charge in [-0.1, -0.05) is 11.6 Å². The molecule has 0 spiro atoms. The van der Waals surface area contributed by atoms with Crippen LogP contribution in [-0.4, -0.2) is 0 Å². The van der Waals surface area contributed by atoms with E-state index in [1.807, 2.05) is 0 Å².